The van der Waals surface area contributed by atoms with Gasteiger partial charge in [0.1, 0.15) is 36.8 Å². The van der Waals surface area contributed by atoms with E-state index in [9.17, 15) is 26.4 Å². The molecule has 0 aliphatic heterocycles. The van der Waals surface area contributed by atoms with Gasteiger partial charge in [0.15, 0.2) is 0 Å². The first-order chi connectivity index (χ1) is 22.7. The van der Waals surface area contributed by atoms with Crippen LogP contribution in [0.15, 0.2) is 58.3 Å². The molecule has 0 N–H and O–H groups in total. The third-order valence-corrected chi connectivity index (χ3v) is 13.8. The topological polar surface area (TPSA) is 146 Å². The Bertz CT molecular complexity index is 1590. The monoisotopic (exact) mass is 740 g/mol. The van der Waals surface area contributed by atoms with Gasteiger partial charge in [-0.3, -0.25) is 9.59 Å². The van der Waals surface area contributed by atoms with Crippen molar-refractivity contribution in [2.24, 2.45) is 11.8 Å². The Morgan fingerprint density at radius 1 is 0.646 bits per heavy atom. The van der Waals surface area contributed by atoms with E-state index in [0.29, 0.717) is 33.5 Å². The van der Waals surface area contributed by atoms with E-state index in [2.05, 4.69) is 23.7 Å². The van der Waals surface area contributed by atoms with Gasteiger partial charge in [0.2, 0.25) is 0 Å². The van der Waals surface area contributed by atoms with Crippen LogP contribution >= 0.6 is 22.0 Å². The van der Waals surface area contributed by atoms with Crippen LogP contribution in [-0.4, -0.2) is 75.7 Å². The first-order valence-electron chi connectivity index (χ1n) is 14.5. The summed E-state index contributed by atoms with van der Waals surface area (Å²) in [7, 11) is -5.87. The maximum absolute atomic E-state index is 14.2. The Hall–Kier alpha value is -3.38. The molecule has 0 aliphatic rings. The van der Waals surface area contributed by atoms with Gasteiger partial charge >= 0.3 is 11.9 Å². The van der Waals surface area contributed by atoms with Gasteiger partial charge < -0.3 is 18.9 Å². The molecule has 2 aromatic rings. The minimum atomic E-state index is -4.51. The van der Waals surface area contributed by atoms with E-state index < -0.39 is 55.9 Å². The number of ether oxygens (including phenoxy) is 4. The van der Waals surface area contributed by atoms with Crippen LogP contribution in [0.4, 0.5) is 0 Å². The Kier molecular flexibility index (Phi) is 16.1. The zero-order chi connectivity index (χ0) is 36.1. The fourth-order valence-electron chi connectivity index (χ4n) is 3.99. The van der Waals surface area contributed by atoms with Crippen LogP contribution in [0.5, 0.6) is 11.5 Å². The van der Waals surface area contributed by atoms with E-state index in [1.807, 2.05) is 0 Å². The standard InChI is InChI=1S/C32H40N2O10S4/c1-9-11-21-43-25-13-17-27(18-14-25)47(37,38)33(29(23(3)4)31(35)41-7)45-46-34(30(24(5)6)32(36)42-8)48(39,40)28-19-15-26(16-20-28)44-22-12-10-2/h13-20,23-24,29-30H,21-22H2,1-8H3/t29-,30-/m1/s1. The van der Waals surface area contributed by atoms with Gasteiger partial charge in [0.25, 0.3) is 20.0 Å². The van der Waals surface area contributed by atoms with Crippen molar-refractivity contribution in [2.45, 2.75) is 63.4 Å². The highest BCUT2D eigenvalue weighted by molar-refractivity contribution is 8.76. The number of esters is 2. The van der Waals surface area contributed by atoms with E-state index in [1.165, 1.54) is 48.5 Å². The average molecular weight is 741 g/mol. The van der Waals surface area contributed by atoms with E-state index in [4.69, 9.17) is 18.9 Å². The largest absolute Gasteiger partial charge is 0.481 e. The molecule has 0 bridgehead atoms. The molecule has 12 nitrogen and oxygen atoms in total. The molecule has 0 saturated carbocycles. The summed E-state index contributed by atoms with van der Waals surface area (Å²) >= 11 is 0. The van der Waals surface area contributed by atoms with E-state index >= 15 is 0 Å². The molecule has 0 fully saturated rings. The summed E-state index contributed by atoms with van der Waals surface area (Å²) in [6.07, 6.45) is 0. The number of benzene rings is 2. The van der Waals surface area contributed by atoms with Crippen molar-refractivity contribution in [1.82, 2.24) is 7.42 Å². The molecule has 2 atom stereocenters. The minimum absolute atomic E-state index is 0.101. The lowest BCUT2D eigenvalue weighted by Gasteiger charge is -2.33. The molecular weight excluding hydrogens is 701 g/mol. The maximum atomic E-state index is 14.2. The van der Waals surface area contributed by atoms with E-state index in [0.717, 1.165) is 21.6 Å². The van der Waals surface area contributed by atoms with Crippen LogP contribution in [0.1, 0.15) is 41.5 Å². The highest BCUT2D eigenvalue weighted by Crippen LogP contribution is 2.43. The third kappa shape index (κ3) is 10.6. The molecule has 0 heterocycles. The number of rotatable bonds is 17. The fourth-order valence-corrected chi connectivity index (χ4v) is 11.6. The first kappa shape index (κ1) is 40.8. The van der Waals surface area contributed by atoms with Crippen LogP contribution < -0.4 is 9.47 Å². The molecule has 0 radical (unpaired) electrons. The second kappa shape index (κ2) is 19.0. The average Bonchev–Trinajstić information content (AvgIpc) is 3.05. The van der Waals surface area contributed by atoms with Gasteiger partial charge in [-0.1, -0.05) is 39.5 Å². The van der Waals surface area contributed by atoms with Crippen molar-refractivity contribution < 1.29 is 45.4 Å². The molecule has 0 amide bonds. The normalized spacial score (nSPS) is 12.8. The lowest BCUT2D eigenvalue weighted by molar-refractivity contribution is -0.146. The van der Waals surface area contributed by atoms with Crippen LogP contribution in [-0.2, 0) is 39.1 Å². The Morgan fingerprint density at radius 2 is 0.958 bits per heavy atom. The van der Waals surface area contributed by atoms with Crippen molar-refractivity contribution in [3.05, 3.63) is 48.5 Å². The summed E-state index contributed by atoms with van der Waals surface area (Å²) in [5, 5.41) is 0. The summed E-state index contributed by atoms with van der Waals surface area (Å²) in [4.78, 5) is 25.7. The molecule has 16 heteroatoms. The Morgan fingerprint density at radius 3 is 1.21 bits per heavy atom. The number of hydrogen-bond donors (Lipinski definition) is 0. The van der Waals surface area contributed by atoms with Crippen LogP contribution in [0, 0.1) is 35.5 Å². The first-order valence-corrected chi connectivity index (χ1v) is 19.5. The highest BCUT2D eigenvalue weighted by Gasteiger charge is 2.44. The second-order valence-corrected chi connectivity index (χ2v) is 16.5. The number of methoxy groups -OCH3 is 2. The third-order valence-electron chi connectivity index (χ3n) is 6.48. The van der Waals surface area contributed by atoms with Gasteiger partial charge in [-0.05, 0) is 74.2 Å². The molecule has 2 rings (SSSR count). The molecule has 0 spiro atoms. The Balaban J connectivity index is 2.66. The minimum Gasteiger partial charge on any atom is -0.481 e. The summed E-state index contributed by atoms with van der Waals surface area (Å²) < 4.78 is 79.2. The quantitative estimate of drug-likeness (QED) is 0.0953. The highest BCUT2D eigenvalue weighted by atomic mass is 33.1. The second-order valence-electron chi connectivity index (χ2n) is 10.5. The molecule has 0 aromatic heterocycles. The van der Waals surface area contributed by atoms with Gasteiger partial charge in [-0.15, -0.1) is 19.3 Å². The molecule has 262 valence electrons. The number of hydrogen-bond acceptors (Lipinski definition) is 12. The van der Waals surface area contributed by atoms with E-state index in [1.54, 1.807) is 41.5 Å². The van der Waals surface area contributed by atoms with Crippen LogP contribution in [0.3, 0.4) is 0 Å². The number of carbonyl (C=O) groups excluding carboxylic acids is 2. The smallest absolute Gasteiger partial charge is 0.325 e. The lowest BCUT2D eigenvalue weighted by atomic mass is 10.1. The predicted octanol–water partition coefficient (Wildman–Crippen LogP) is 4.78. The van der Waals surface area contributed by atoms with Gasteiger partial charge in [-0.2, -0.15) is 0 Å². The van der Waals surface area contributed by atoms with Crippen LogP contribution in [0.25, 0.3) is 0 Å². The zero-order valence-corrected chi connectivity index (χ0v) is 31.2. The summed E-state index contributed by atoms with van der Waals surface area (Å²) in [6.45, 7) is 10.0. The summed E-state index contributed by atoms with van der Waals surface area (Å²) in [5.41, 5.74) is 0. The van der Waals surface area contributed by atoms with Gasteiger partial charge in [0.05, 0.1) is 24.0 Å². The fraction of sp³-hybridized carbons (Fsp3) is 0.438. The number of carbonyl (C=O) groups is 2. The van der Waals surface area contributed by atoms with Gasteiger partial charge in [0, 0.05) is 22.0 Å². The molecule has 48 heavy (non-hydrogen) atoms. The van der Waals surface area contributed by atoms with Crippen molar-refractivity contribution in [1.29, 1.82) is 0 Å². The number of sulfonamides is 2. The molecule has 0 saturated heterocycles. The van der Waals surface area contributed by atoms with Crippen molar-refractivity contribution in [3.8, 4) is 35.2 Å². The SMILES string of the molecule is CC#CCOc1ccc(S(=O)(=O)N(SSN([C@@H](C(=O)OC)C(C)C)S(=O)(=O)c2ccc(OCC#CC)cc2)[C@@H](C(=O)OC)C(C)C)cc1. The van der Waals surface area contributed by atoms with Crippen LogP contribution in [0.2, 0.25) is 0 Å². The molecule has 2 aromatic carbocycles. The Labute approximate surface area is 292 Å². The zero-order valence-electron chi connectivity index (χ0n) is 28.0. The molecular formula is C32H40N2O10S4. The predicted molar refractivity (Wildman–Crippen MR) is 185 cm³/mol. The summed E-state index contributed by atoms with van der Waals surface area (Å²) in [6, 6.07) is 8.16. The molecule has 0 aliphatic carbocycles. The van der Waals surface area contributed by atoms with E-state index in [-0.39, 0.29) is 23.0 Å². The maximum Gasteiger partial charge on any atom is 0.325 e. The van der Waals surface area contributed by atoms with Gasteiger partial charge in [-0.25, -0.2) is 16.8 Å². The summed E-state index contributed by atoms with van der Waals surface area (Å²) in [5.74, 6) is 8.64. The number of nitrogens with zero attached hydrogens (tertiary/aromatic N) is 2. The van der Waals surface area contributed by atoms with Crippen molar-refractivity contribution >= 4 is 53.9 Å². The van der Waals surface area contributed by atoms with Crippen molar-refractivity contribution in [2.75, 3.05) is 27.4 Å². The molecule has 0 unspecified atom stereocenters. The lowest BCUT2D eigenvalue weighted by Crippen LogP contribution is -2.46. The van der Waals surface area contributed by atoms with Crippen molar-refractivity contribution in [3.63, 3.8) is 0 Å².